The van der Waals surface area contributed by atoms with Crippen molar-refractivity contribution >= 4 is 0 Å². The predicted molar refractivity (Wildman–Crippen MR) is 38.2 cm³/mol. The molecular formula is C9H9F. The number of benzene rings is 1. The zero-order valence-electron chi connectivity index (χ0n) is 6.11. The van der Waals surface area contributed by atoms with Gasteiger partial charge in [0, 0.05) is 0 Å². The van der Waals surface area contributed by atoms with Crippen molar-refractivity contribution in [1.82, 2.24) is 0 Å². The summed E-state index contributed by atoms with van der Waals surface area (Å²) in [5.41, 5.74) is 0.638. The van der Waals surface area contributed by atoms with Crippen LogP contribution in [0.15, 0.2) is 12.1 Å². The van der Waals surface area contributed by atoms with Gasteiger partial charge in [0.15, 0.2) is 0 Å². The first kappa shape index (κ1) is 7.26. The van der Waals surface area contributed by atoms with Gasteiger partial charge in [0.25, 0.3) is 0 Å². The zero-order valence-corrected chi connectivity index (χ0v) is 6.11. The summed E-state index contributed by atoms with van der Waals surface area (Å²) in [7, 11) is 0. The zero-order chi connectivity index (χ0) is 7.56. The van der Waals surface area contributed by atoms with E-state index in [1.807, 2.05) is 13.8 Å². The fourth-order valence-corrected chi connectivity index (χ4v) is 0.823. The van der Waals surface area contributed by atoms with Crippen molar-refractivity contribution in [3.05, 3.63) is 35.6 Å². The Kier molecular flexibility index (Phi) is 2.05. The molecule has 0 fully saturated rings. The van der Waals surface area contributed by atoms with Crippen LogP contribution in [0.2, 0.25) is 0 Å². The standard InChI is InChI=1S/C9H9F/c1-7(2)8-5-3-4-6-9(8)10/h3,6-7H,1-2H3. The molecule has 0 amide bonds. The van der Waals surface area contributed by atoms with E-state index in [1.54, 1.807) is 6.07 Å². The Balaban J connectivity index is 3.03. The second-order valence-corrected chi connectivity index (χ2v) is 2.52. The Morgan fingerprint density at radius 1 is 1.50 bits per heavy atom. The third-order valence-electron chi connectivity index (χ3n) is 1.36. The molecule has 0 nitrogen and oxygen atoms in total. The number of halogens is 1. The molecule has 0 unspecified atom stereocenters. The van der Waals surface area contributed by atoms with E-state index >= 15 is 0 Å². The number of rotatable bonds is 1. The highest BCUT2D eigenvalue weighted by atomic mass is 19.1. The fourth-order valence-electron chi connectivity index (χ4n) is 0.823. The Morgan fingerprint density at radius 2 is 2.20 bits per heavy atom. The van der Waals surface area contributed by atoms with E-state index in [2.05, 4.69) is 12.1 Å². The highest BCUT2D eigenvalue weighted by molar-refractivity contribution is 5.17. The smallest absolute Gasteiger partial charge is 0.127 e. The SMILES string of the molecule is CC(C)c1[c]c[c]cc1F. The van der Waals surface area contributed by atoms with Crippen LogP contribution in [0.4, 0.5) is 4.39 Å². The number of hydrogen-bond acceptors (Lipinski definition) is 0. The van der Waals surface area contributed by atoms with Gasteiger partial charge in [0.1, 0.15) is 5.82 Å². The molecule has 0 spiro atoms. The van der Waals surface area contributed by atoms with Gasteiger partial charge in [-0.3, -0.25) is 0 Å². The third-order valence-corrected chi connectivity index (χ3v) is 1.36. The van der Waals surface area contributed by atoms with E-state index in [1.165, 1.54) is 6.07 Å². The maximum Gasteiger partial charge on any atom is 0.127 e. The van der Waals surface area contributed by atoms with Crippen LogP contribution in [0.1, 0.15) is 25.3 Å². The average molecular weight is 136 g/mol. The molecule has 1 aromatic carbocycles. The monoisotopic (exact) mass is 136 g/mol. The molecular weight excluding hydrogens is 127 g/mol. The molecule has 1 aromatic rings. The minimum Gasteiger partial charge on any atom is -0.207 e. The lowest BCUT2D eigenvalue weighted by Crippen LogP contribution is -1.91. The molecule has 1 heteroatoms. The second kappa shape index (κ2) is 2.82. The summed E-state index contributed by atoms with van der Waals surface area (Å²) in [6.45, 7) is 3.88. The molecule has 52 valence electrons. The van der Waals surface area contributed by atoms with Gasteiger partial charge in [-0.2, -0.15) is 0 Å². The average Bonchev–Trinajstić information content (AvgIpc) is 1.88. The van der Waals surface area contributed by atoms with Crippen LogP contribution in [0, 0.1) is 17.9 Å². The molecule has 2 radical (unpaired) electrons. The molecule has 0 aromatic heterocycles. The topological polar surface area (TPSA) is 0 Å². The Bertz CT molecular complexity index is 216. The van der Waals surface area contributed by atoms with Gasteiger partial charge in [-0.05, 0) is 35.7 Å². The molecule has 0 bridgehead atoms. The molecule has 0 aliphatic rings. The second-order valence-electron chi connectivity index (χ2n) is 2.52. The quantitative estimate of drug-likeness (QED) is 0.556. The van der Waals surface area contributed by atoms with Gasteiger partial charge in [-0.1, -0.05) is 13.8 Å². The predicted octanol–water partition coefficient (Wildman–Crippen LogP) is 2.55. The van der Waals surface area contributed by atoms with Gasteiger partial charge < -0.3 is 0 Å². The molecule has 0 heterocycles. The normalized spacial score (nSPS) is 10.4. The van der Waals surface area contributed by atoms with Crippen molar-refractivity contribution in [2.24, 2.45) is 0 Å². The Hall–Kier alpha value is -0.850. The molecule has 0 N–H and O–H groups in total. The van der Waals surface area contributed by atoms with E-state index in [0.717, 1.165) is 0 Å². The maximum atomic E-state index is 12.8. The van der Waals surface area contributed by atoms with Crippen molar-refractivity contribution in [2.75, 3.05) is 0 Å². The third kappa shape index (κ3) is 1.35. The van der Waals surface area contributed by atoms with Crippen LogP contribution < -0.4 is 0 Å². The van der Waals surface area contributed by atoms with Crippen molar-refractivity contribution in [1.29, 1.82) is 0 Å². The van der Waals surface area contributed by atoms with Crippen molar-refractivity contribution in [2.45, 2.75) is 19.8 Å². The van der Waals surface area contributed by atoms with E-state index in [-0.39, 0.29) is 11.7 Å². The van der Waals surface area contributed by atoms with Crippen LogP contribution in [0.25, 0.3) is 0 Å². The summed E-state index contributed by atoms with van der Waals surface area (Å²) >= 11 is 0. The van der Waals surface area contributed by atoms with E-state index in [4.69, 9.17) is 0 Å². The fraction of sp³-hybridized carbons (Fsp3) is 0.333. The van der Waals surface area contributed by atoms with Gasteiger partial charge in [-0.25, -0.2) is 4.39 Å². The lowest BCUT2D eigenvalue weighted by atomic mass is 10.0. The first-order valence-electron chi connectivity index (χ1n) is 3.29. The Morgan fingerprint density at radius 3 is 2.60 bits per heavy atom. The minimum absolute atomic E-state index is 0.203. The summed E-state index contributed by atoms with van der Waals surface area (Å²) in [5.74, 6) is -0.00731. The van der Waals surface area contributed by atoms with Crippen LogP contribution in [-0.4, -0.2) is 0 Å². The minimum atomic E-state index is -0.211. The van der Waals surface area contributed by atoms with Crippen LogP contribution >= 0.6 is 0 Å². The lowest BCUT2D eigenvalue weighted by molar-refractivity contribution is 0.597. The Labute approximate surface area is 60.7 Å². The molecule has 0 aliphatic heterocycles. The summed E-state index contributed by atoms with van der Waals surface area (Å²) in [5, 5.41) is 0. The van der Waals surface area contributed by atoms with Crippen LogP contribution in [-0.2, 0) is 0 Å². The van der Waals surface area contributed by atoms with Gasteiger partial charge >= 0.3 is 0 Å². The van der Waals surface area contributed by atoms with E-state index in [9.17, 15) is 4.39 Å². The highest BCUT2D eigenvalue weighted by Gasteiger charge is 2.03. The van der Waals surface area contributed by atoms with Gasteiger partial charge in [0.05, 0.1) is 0 Å². The lowest BCUT2D eigenvalue weighted by Gasteiger charge is -2.03. The molecule has 0 saturated heterocycles. The van der Waals surface area contributed by atoms with Gasteiger partial charge in [-0.15, -0.1) is 0 Å². The van der Waals surface area contributed by atoms with Gasteiger partial charge in [0.2, 0.25) is 0 Å². The summed E-state index contributed by atoms with van der Waals surface area (Å²) in [6.07, 6.45) is 0. The molecule has 0 atom stereocenters. The summed E-state index contributed by atoms with van der Waals surface area (Å²) < 4.78 is 12.8. The van der Waals surface area contributed by atoms with E-state index in [0.29, 0.717) is 5.56 Å². The van der Waals surface area contributed by atoms with Crippen LogP contribution in [0.3, 0.4) is 0 Å². The highest BCUT2D eigenvalue weighted by Crippen LogP contribution is 2.15. The molecule has 1 rings (SSSR count). The number of hydrogen-bond donors (Lipinski definition) is 0. The molecule has 0 saturated carbocycles. The summed E-state index contributed by atoms with van der Waals surface area (Å²) in [6, 6.07) is 8.38. The first-order chi connectivity index (χ1) is 4.72. The van der Waals surface area contributed by atoms with Crippen molar-refractivity contribution in [3.8, 4) is 0 Å². The first-order valence-corrected chi connectivity index (χ1v) is 3.29. The van der Waals surface area contributed by atoms with Crippen molar-refractivity contribution in [3.63, 3.8) is 0 Å². The molecule has 10 heavy (non-hydrogen) atoms. The van der Waals surface area contributed by atoms with Crippen LogP contribution in [0.5, 0.6) is 0 Å². The maximum absolute atomic E-state index is 12.8. The molecule has 0 aliphatic carbocycles. The van der Waals surface area contributed by atoms with Crippen molar-refractivity contribution < 1.29 is 4.39 Å². The van der Waals surface area contributed by atoms with E-state index < -0.39 is 0 Å². The summed E-state index contributed by atoms with van der Waals surface area (Å²) in [4.78, 5) is 0. The largest absolute Gasteiger partial charge is 0.207 e.